The Morgan fingerprint density at radius 3 is 2.00 bits per heavy atom. The Morgan fingerprint density at radius 2 is 1.31 bits per heavy atom. The zero-order valence-corrected chi connectivity index (χ0v) is 36.5. The van der Waals surface area contributed by atoms with Crippen molar-refractivity contribution in [2.75, 3.05) is 0 Å². The van der Waals surface area contributed by atoms with Gasteiger partial charge in [0.25, 0.3) is 0 Å². The summed E-state index contributed by atoms with van der Waals surface area (Å²) in [5.41, 5.74) is 12.7. The zero-order valence-electron chi connectivity index (χ0n) is 37.1. The largest absolute Gasteiger partial charge is 0.486 e. The van der Waals surface area contributed by atoms with Crippen LogP contribution >= 0.6 is 0 Å². The number of furan rings is 1. The molecule has 4 aromatic heterocycles. The Morgan fingerprint density at radius 1 is 0.639 bits per heavy atom. The normalized spacial score (nSPS) is 12.2. The first-order valence-corrected chi connectivity index (χ1v) is 20.1. The van der Waals surface area contributed by atoms with Crippen molar-refractivity contribution in [3.8, 4) is 50.6 Å². The second kappa shape index (κ2) is 17.6. The van der Waals surface area contributed by atoms with Crippen LogP contribution in [0.4, 0.5) is 4.39 Å². The van der Waals surface area contributed by atoms with Crippen LogP contribution in [0.2, 0.25) is 0 Å². The maximum atomic E-state index is 13.2. The molecule has 0 bridgehead atoms. The van der Waals surface area contributed by atoms with Gasteiger partial charge in [0.05, 0.1) is 22.4 Å². The van der Waals surface area contributed by atoms with Crippen LogP contribution in [0.5, 0.6) is 0 Å². The molecule has 0 N–H and O–H groups in total. The van der Waals surface area contributed by atoms with Crippen molar-refractivity contribution < 1.29 is 33.0 Å². The van der Waals surface area contributed by atoms with Crippen LogP contribution in [0.1, 0.15) is 60.5 Å². The van der Waals surface area contributed by atoms with Gasteiger partial charge in [-0.1, -0.05) is 123 Å². The van der Waals surface area contributed by atoms with E-state index in [1.165, 1.54) is 39.4 Å². The number of hydrogen-bond acceptors (Lipinski definition) is 4. The molecule has 0 saturated carbocycles. The van der Waals surface area contributed by atoms with Gasteiger partial charge in [-0.25, -0.2) is 4.98 Å². The summed E-state index contributed by atoms with van der Waals surface area (Å²) >= 11 is 0. The second-order valence-electron chi connectivity index (χ2n) is 15.4. The summed E-state index contributed by atoms with van der Waals surface area (Å²) < 4.78 is 45.5. The molecule has 0 saturated heterocycles. The summed E-state index contributed by atoms with van der Waals surface area (Å²) in [5, 5.41) is 1.58. The summed E-state index contributed by atoms with van der Waals surface area (Å²) in [4.78, 5) is 13.7. The van der Waals surface area contributed by atoms with Gasteiger partial charge in [0.2, 0.25) is 5.71 Å². The second-order valence-corrected chi connectivity index (χ2v) is 15.4. The minimum atomic E-state index is -2.34. The molecule has 7 heteroatoms. The van der Waals surface area contributed by atoms with Gasteiger partial charge in [-0.3, -0.25) is 9.37 Å². The number of fused-ring (bicyclic) bond motifs is 4. The third-order valence-electron chi connectivity index (χ3n) is 10.8. The van der Waals surface area contributed by atoms with Gasteiger partial charge in [0.1, 0.15) is 0 Å². The molecule has 5 nitrogen and oxygen atoms in total. The number of hydrogen-bond donors (Lipinski definition) is 0. The van der Waals surface area contributed by atoms with Crippen molar-refractivity contribution in [1.29, 1.82) is 0 Å². The van der Waals surface area contributed by atoms with Crippen molar-refractivity contribution in [1.82, 2.24) is 19.5 Å². The van der Waals surface area contributed by atoms with E-state index < -0.39 is 6.85 Å². The van der Waals surface area contributed by atoms with Crippen molar-refractivity contribution in [3.63, 3.8) is 0 Å². The molecule has 0 spiro atoms. The molecule has 0 aliphatic rings. The van der Waals surface area contributed by atoms with Gasteiger partial charge in [-0.2, -0.15) is 0 Å². The molecule has 4 heterocycles. The number of benzene rings is 6. The Bertz CT molecular complexity index is 3210. The van der Waals surface area contributed by atoms with Crippen molar-refractivity contribution >= 4 is 33.1 Å². The van der Waals surface area contributed by atoms with Gasteiger partial charge in [0, 0.05) is 53.0 Å². The predicted molar refractivity (Wildman–Crippen MR) is 243 cm³/mol. The van der Waals surface area contributed by atoms with Crippen LogP contribution in [0.25, 0.3) is 83.7 Å². The standard InChI is InChI=1S/C43H36N3O.C11H7FN.Ir/c1-26(2)36-24-32(31-21-19-30(20-22-31)29-12-7-6-8-13-29)25-37(27(3)4)40(36)46-39-17-10-9-16-38(39)45-42(46)35-15-11-14-33-34-23-18-28(5)44-43(34)47-41(33)35;12-10-6-2-1-5-9(10)11-7-3-4-8-13-11;/h6-14,16-27H,1-5H3;1-4,6-8H;/q2*-1;/i5D3;;. The maximum Gasteiger partial charge on any atom is 0.216 e. The van der Waals surface area contributed by atoms with Crippen molar-refractivity contribution in [2.45, 2.75) is 46.4 Å². The monoisotopic (exact) mass is 978 g/mol. The minimum Gasteiger partial charge on any atom is -0.486 e. The van der Waals surface area contributed by atoms with E-state index in [1.54, 1.807) is 42.6 Å². The predicted octanol–water partition coefficient (Wildman–Crippen LogP) is 14.4. The number of halogens is 1. The molecular weight excluding hydrogens is 932 g/mol. The first-order chi connectivity index (χ1) is 30.5. The van der Waals surface area contributed by atoms with Gasteiger partial charge < -0.3 is 14.0 Å². The molecule has 0 unspecified atom stereocenters. The SMILES string of the molecule is Fc1ccc[c-]c1-c1ccccn1.[2H]C([2H])([2H])c1ccc2c(n1)oc1c(-c3nc4ccccc4n3-c3c(C(C)C)cc(-c4ccc(-c5ccccc5)cc4)cc3C(C)C)[c-]ccc12.[Ir]. The van der Waals surface area contributed by atoms with Crippen molar-refractivity contribution in [2.24, 2.45) is 0 Å². The van der Waals surface area contributed by atoms with Crippen LogP contribution < -0.4 is 0 Å². The molecular formula is C54H43FIrN4O-2. The number of nitrogens with zero attached hydrogens (tertiary/aromatic N) is 4. The number of para-hydroxylation sites is 2. The van der Waals surface area contributed by atoms with Crippen LogP contribution in [0.15, 0.2) is 162 Å². The smallest absolute Gasteiger partial charge is 0.216 e. The minimum absolute atomic E-state index is 0. The number of imidazole rings is 1. The van der Waals surface area contributed by atoms with Crippen LogP contribution in [0, 0.1) is 24.8 Å². The molecule has 6 aromatic carbocycles. The fourth-order valence-electron chi connectivity index (χ4n) is 7.80. The summed E-state index contributed by atoms with van der Waals surface area (Å²) in [7, 11) is 0. The Balaban J connectivity index is 0.000000343. The molecule has 61 heavy (non-hydrogen) atoms. The average Bonchev–Trinajstić information content (AvgIpc) is 3.88. The van der Waals surface area contributed by atoms with E-state index in [0.29, 0.717) is 28.2 Å². The Hall–Kier alpha value is -6.53. The topological polar surface area (TPSA) is 56.7 Å². The van der Waals surface area contributed by atoms with Crippen molar-refractivity contribution in [3.05, 3.63) is 193 Å². The van der Waals surface area contributed by atoms with Gasteiger partial charge in [-0.05, 0) is 100 Å². The van der Waals surface area contributed by atoms with Crippen LogP contribution in [-0.4, -0.2) is 19.5 Å². The Labute approximate surface area is 373 Å². The Kier molecular flexibility index (Phi) is 10.8. The number of aromatic nitrogens is 4. The van der Waals surface area contributed by atoms with Gasteiger partial charge >= 0.3 is 0 Å². The molecule has 0 amide bonds. The van der Waals surface area contributed by atoms with Crippen LogP contribution in [-0.2, 0) is 20.1 Å². The molecule has 10 rings (SSSR count). The van der Waals surface area contributed by atoms with Gasteiger partial charge in [0.15, 0.2) is 0 Å². The van der Waals surface area contributed by atoms with E-state index in [1.807, 2.05) is 42.5 Å². The number of pyridine rings is 2. The molecule has 10 aromatic rings. The zero-order chi connectivity index (χ0) is 43.8. The fourth-order valence-corrected chi connectivity index (χ4v) is 7.80. The van der Waals surface area contributed by atoms with E-state index >= 15 is 0 Å². The molecule has 0 aliphatic heterocycles. The molecule has 1 radical (unpaired) electrons. The summed E-state index contributed by atoms with van der Waals surface area (Å²) in [5.74, 6) is 0.818. The first kappa shape index (κ1) is 37.5. The average molecular weight is 978 g/mol. The molecule has 0 aliphatic carbocycles. The van der Waals surface area contributed by atoms with E-state index in [0.717, 1.165) is 27.5 Å². The van der Waals surface area contributed by atoms with E-state index in [4.69, 9.17) is 13.5 Å². The molecule has 303 valence electrons. The molecule has 0 fully saturated rings. The first-order valence-electron chi connectivity index (χ1n) is 21.6. The van der Waals surface area contributed by atoms with E-state index in [9.17, 15) is 4.39 Å². The fraction of sp³-hybridized carbons (Fsp3) is 0.130. The summed E-state index contributed by atoms with van der Waals surface area (Å²) in [6.07, 6.45) is 1.63. The number of rotatable bonds is 7. The third kappa shape index (κ3) is 8.07. The summed E-state index contributed by atoms with van der Waals surface area (Å²) in [6, 6.07) is 55.6. The number of aryl methyl sites for hydroxylation is 1. The summed E-state index contributed by atoms with van der Waals surface area (Å²) in [6.45, 7) is 6.62. The van der Waals surface area contributed by atoms with Crippen LogP contribution in [0.3, 0.4) is 0 Å². The molecule has 0 atom stereocenters. The van der Waals surface area contributed by atoms with Gasteiger partial charge in [-0.15, -0.1) is 42.5 Å². The maximum absolute atomic E-state index is 13.2. The quantitative estimate of drug-likeness (QED) is 0.149. The van der Waals surface area contributed by atoms with E-state index in [2.05, 4.69) is 121 Å². The van der Waals surface area contributed by atoms with E-state index in [-0.39, 0.29) is 49.2 Å². The third-order valence-corrected chi connectivity index (χ3v) is 10.8.